The van der Waals surface area contributed by atoms with Gasteiger partial charge in [0.25, 0.3) is 0 Å². The van der Waals surface area contributed by atoms with Gasteiger partial charge in [0.15, 0.2) is 15.3 Å². The number of ketones is 1. The van der Waals surface area contributed by atoms with Gasteiger partial charge in [-0.3, -0.25) is 4.79 Å². The van der Waals surface area contributed by atoms with E-state index >= 15 is 0 Å². The van der Waals surface area contributed by atoms with Crippen LogP contribution in [0.25, 0.3) is 11.0 Å². The van der Waals surface area contributed by atoms with Gasteiger partial charge in [0.1, 0.15) is 5.65 Å². The Balaban J connectivity index is 2.02. The number of halogens is 1. The minimum Gasteiger partial charge on any atom is -0.477 e. The molecule has 0 fully saturated rings. The normalized spacial score (nSPS) is 11.2. The number of H-pyrrole nitrogens is 1. The molecular weight excluding hydrogens is 412 g/mol. The van der Waals surface area contributed by atoms with Crippen molar-refractivity contribution in [3.63, 3.8) is 0 Å². The van der Waals surface area contributed by atoms with Crippen molar-refractivity contribution in [2.24, 2.45) is 0 Å². The maximum atomic E-state index is 11.4. The van der Waals surface area contributed by atoms with Crippen LogP contribution >= 0.6 is 39.0 Å². The minimum absolute atomic E-state index is 0.00612. The third-order valence-electron chi connectivity index (χ3n) is 3.25. The lowest BCUT2D eigenvalue weighted by atomic mass is 10.3. The van der Waals surface area contributed by atoms with E-state index in [1.807, 2.05) is 6.92 Å². The number of aryl methyl sites for hydroxylation is 1. The maximum Gasteiger partial charge on any atom is 0.228 e. The first-order valence-electron chi connectivity index (χ1n) is 7.39. The van der Waals surface area contributed by atoms with Gasteiger partial charge >= 0.3 is 0 Å². The zero-order valence-corrected chi connectivity index (χ0v) is 16.6. The summed E-state index contributed by atoms with van der Waals surface area (Å²) in [5, 5.41) is 1.38. The van der Waals surface area contributed by atoms with E-state index in [0.29, 0.717) is 22.5 Å². The molecule has 0 atom stereocenters. The maximum absolute atomic E-state index is 11.4. The highest BCUT2D eigenvalue weighted by Crippen LogP contribution is 2.37. The molecule has 0 aliphatic rings. The fourth-order valence-corrected chi connectivity index (χ4v) is 4.60. The number of aromatic amines is 1. The van der Waals surface area contributed by atoms with Crippen molar-refractivity contribution in [1.82, 2.24) is 19.9 Å². The topological polar surface area (TPSA) is 80.8 Å². The van der Waals surface area contributed by atoms with Crippen LogP contribution in [0.3, 0.4) is 0 Å². The average Bonchev–Trinajstić information content (AvgIpc) is 3.12. The highest BCUT2D eigenvalue weighted by Gasteiger charge is 2.18. The van der Waals surface area contributed by atoms with Crippen molar-refractivity contribution in [2.75, 3.05) is 6.61 Å². The van der Waals surface area contributed by atoms with Crippen LogP contribution in [0.5, 0.6) is 5.88 Å². The number of rotatable bonds is 6. The molecule has 126 valence electrons. The lowest BCUT2D eigenvalue weighted by molar-refractivity contribution is 0.102. The molecule has 0 unspecified atom stereocenters. The zero-order chi connectivity index (χ0) is 17.3. The molecule has 0 saturated carbocycles. The van der Waals surface area contributed by atoms with E-state index < -0.39 is 0 Å². The third-order valence-corrected chi connectivity index (χ3v) is 6.17. The van der Waals surface area contributed by atoms with Crippen molar-refractivity contribution < 1.29 is 9.53 Å². The Kier molecular flexibility index (Phi) is 5.21. The summed E-state index contributed by atoms with van der Waals surface area (Å²) in [6.45, 7) is 6.03. The number of Topliss-reactive ketones (excluding diaryl/α,β-unsaturated/α-hetero) is 1. The Morgan fingerprint density at radius 2 is 2.21 bits per heavy atom. The zero-order valence-electron chi connectivity index (χ0n) is 13.3. The molecule has 0 radical (unpaired) electrons. The average molecular weight is 427 g/mol. The second kappa shape index (κ2) is 7.20. The van der Waals surface area contributed by atoms with Gasteiger partial charge in [-0.05, 0) is 41.0 Å². The molecule has 6 nitrogen and oxygen atoms in total. The molecule has 0 saturated heterocycles. The number of fused-ring (bicyclic) bond motifs is 1. The second-order valence-corrected chi connectivity index (χ2v) is 7.93. The third kappa shape index (κ3) is 3.33. The van der Waals surface area contributed by atoms with E-state index in [-0.39, 0.29) is 5.78 Å². The molecule has 0 spiro atoms. The molecule has 0 aliphatic heterocycles. The molecule has 3 rings (SSSR count). The molecule has 3 heterocycles. The minimum atomic E-state index is 0.00612. The summed E-state index contributed by atoms with van der Waals surface area (Å²) < 4.78 is 7.36. The van der Waals surface area contributed by atoms with Crippen LogP contribution in [0.4, 0.5) is 0 Å². The Bertz CT molecular complexity index is 906. The van der Waals surface area contributed by atoms with E-state index in [9.17, 15) is 4.79 Å². The Labute approximate surface area is 155 Å². The summed E-state index contributed by atoms with van der Waals surface area (Å²) in [6.07, 6.45) is 2.43. The molecule has 9 heteroatoms. The second-order valence-electron chi connectivity index (χ2n) is 4.89. The Hall–Kier alpha value is -1.45. The van der Waals surface area contributed by atoms with E-state index in [1.54, 1.807) is 6.20 Å². The van der Waals surface area contributed by atoms with Crippen LogP contribution in [0.15, 0.2) is 20.2 Å². The lowest BCUT2D eigenvalue weighted by Gasteiger charge is -2.05. The number of aromatic nitrogens is 4. The number of nitrogens with one attached hydrogen (secondary N) is 1. The van der Waals surface area contributed by atoms with Crippen LogP contribution in [-0.4, -0.2) is 32.3 Å². The van der Waals surface area contributed by atoms with Crippen molar-refractivity contribution in [2.45, 2.75) is 36.7 Å². The van der Waals surface area contributed by atoms with Crippen LogP contribution < -0.4 is 4.74 Å². The summed E-state index contributed by atoms with van der Waals surface area (Å²) in [5.41, 5.74) is 1.78. The summed E-state index contributed by atoms with van der Waals surface area (Å²) in [7, 11) is 0. The van der Waals surface area contributed by atoms with E-state index in [1.165, 1.54) is 30.0 Å². The number of carbonyl (C=O) groups excluding carboxylic acids is 1. The Morgan fingerprint density at radius 3 is 2.83 bits per heavy atom. The summed E-state index contributed by atoms with van der Waals surface area (Å²) in [4.78, 5) is 28.6. The van der Waals surface area contributed by atoms with Crippen molar-refractivity contribution >= 4 is 55.8 Å². The predicted molar refractivity (Wildman–Crippen MR) is 98.4 cm³/mol. The monoisotopic (exact) mass is 426 g/mol. The van der Waals surface area contributed by atoms with E-state index in [2.05, 4.69) is 42.8 Å². The largest absolute Gasteiger partial charge is 0.477 e. The molecule has 0 aliphatic carbocycles. The summed E-state index contributed by atoms with van der Waals surface area (Å²) >= 11 is 6.25. The smallest absolute Gasteiger partial charge is 0.228 e. The number of hydrogen-bond donors (Lipinski definition) is 1. The molecular formula is C15H15BrN4O2S2. The van der Waals surface area contributed by atoms with E-state index in [0.717, 1.165) is 32.0 Å². The molecule has 24 heavy (non-hydrogen) atoms. The van der Waals surface area contributed by atoms with Crippen LogP contribution in [-0.2, 0) is 6.42 Å². The van der Waals surface area contributed by atoms with Gasteiger partial charge in [-0.2, -0.15) is 4.98 Å². The van der Waals surface area contributed by atoms with E-state index in [4.69, 9.17) is 4.74 Å². The first-order valence-corrected chi connectivity index (χ1v) is 9.81. The van der Waals surface area contributed by atoms with Gasteiger partial charge in [0.05, 0.1) is 27.5 Å². The molecule has 0 aromatic carbocycles. The quantitative estimate of drug-likeness (QED) is 0.461. The first-order chi connectivity index (χ1) is 11.5. The number of ether oxygens (including phenoxy) is 1. The SMILES string of the molecule is CCOc1nc(Sc2ncc(C(C)=O)s2)nc2[nH]c(CC)c(Br)c12. The van der Waals surface area contributed by atoms with Crippen molar-refractivity contribution in [3.05, 3.63) is 21.2 Å². The summed E-state index contributed by atoms with van der Waals surface area (Å²) in [5.74, 6) is 0.544. The van der Waals surface area contributed by atoms with Gasteiger partial charge < -0.3 is 9.72 Å². The molecule has 1 N–H and O–H groups in total. The van der Waals surface area contributed by atoms with Crippen LogP contribution in [0.2, 0.25) is 0 Å². The number of carbonyl (C=O) groups is 1. The number of nitrogens with zero attached hydrogens (tertiary/aromatic N) is 3. The predicted octanol–water partition coefficient (Wildman–Crippen LogP) is 4.49. The number of thiazole rings is 1. The van der Waals surface area contributed by atoms with Crippen molar-refractivity contribution in [1.29, 1.82) is 0 Å². The van der Waals surface area contributed by atoms with Gasteiger partial charge in [-0.25, -0.2) is 9.97 Å². The molecule has 0 amide bonds. The lowest BCUT2D eigenvalue weighted by Crippen LogP contribution is -1.98. The standard InChI is InChI=1S/C15H15BrN4O2S2/c1-4-8-11(16)10-12(18-8)19-14(20-13(10)22-5-2)24-15-17-6-9(23-15)7(3)21/h6H,4-5H2,1-3H3,(H,18,19,20). The fraction of sp³-hybridized carbons (Fsp3) is 0.333. The highest BCUT2D eigenvalue weighted by molar-refractivity contribution is 9.10. The van der Waals surface area contributed by atoms with Crippen LogP contribution in [0.1, 0.15) is 36.1 Å². The molecule has 3 aromatic heterocycles. The van der Waals surface area contributed by atoms with Crippen LogP contribution in [0, 0.1) is 0 Å². The van der Waals surface area contributed by atoms with Gasteiger partial charge in [0.2, 0.25) is 5.88 Å². The Morgan fingerprint density at radius 1 is 1.42 bits per heavy atom. The first kappa shape index (κ1) is 17.4. The van der Waals surface area contributed by atoms with Gasteiger partial charge in [-0.15, -0.1) is 11.3 Å². The molecule has 3 aromatic rings. The molecule has 0 bridgehead atoms. The fourth-order valence-electron chi connectivity index (χ4n) is 2.13. The van der Waals surface area contributed by atoms with Crippen molar-refractivity contribution in [3.8, 4) is 5.88 Å². The van der Waals surface area contributed by atoms with Gasteiger partial charge in [0, 0.05) is 12.6 Å². The van der Waals surface area contributed by atoms with Gasteiger partial charge in [-0.1, -0.05) is 6.92 Å². The summed E-state index contributed by atoms with van der Waals surface area (Å²) in [6, 6.07) is 0. The highest BCUT2D eigenvalue weighted by atomic mass is 79.9. The number of hydrogen-bond acceptors (Lipinski definition) is 7.